The Labute approximate surface area is 101 Å². The summed E-state index contributed by atoms with van der Waals surface area (Å²) in [4.78, 5) is 4.00. The van der Waals surface area contributed by atoms with Gasteiger partial charge >= 0.3 is 0 Å². The second-order valence-corrected chi connectivity index (χ2v) is 3.91. The molecule has 0 amide bonds. The summed E-state index contributed by atoms with van der Waals surface area (Å²) in [5.41, 5.74) is 5.13. The first-order valence-electron chi connectivity index (χ1n) is 5.71. The highest BCUT2D eigenvalue weighted by Crippen LogP contribution is 2.16. The zero-order chi connectivity index (χ0) is 12.1. The maximum atomic E-state index is 5.59. The van der Waals surface area contributed by atoms with Gasteiger partial charge in [-0.25, -0.2) is 0 Å². The van der Waals surface area contributed by atoms with Gasteiger partial charge in [-0.3, -0.25) is 20.9 Å². The molecule has 5 heteroatoms. The van der Waals surface area contributed by atoms with Crippen LogP contribution in [0.2, 0.25) is 0 Å². The summed E-state index contributed by atoms with van der Waals surface area (Å²) >= 11 is 0. The van der Waals surface area contributed by atoms with Crippen molar-refractivity contribution in [1.82, 2.24) is 20.2 Å². The van der Waals surface area contributed by atoms with Crippen LogP contribution in [0.15, 0.2) is 36.9 Å². The largest absolute Gasteiger partial charge is 0.273 e. The van der Waals surface area contributed by atoms with E-state index >= 15 is 0 Å². The van der Waals surface area contributed by atoms with Crippen LogP contribution in [-0.4, -0.2) is 14.8 Å². The van der Waals surface area contributed by atoms with Crippen LogP contribution in [0, 0.1) is 0 Å². The zero-order valence-electron chi connectivity index (χ0n) is 9.87. The quantitative estimate of drug-likeness (QED) is 0.596. The fourth-order valence-electron chi connectivity index (χ4n) is 1.79. The van der Waals surface area contributed by atoms with E-state index in [4.69, 9.17) is 5.84 Å². The van der Waals surface area contributed by atoms with Crippen molar-refractivity contribution in [2.24, 2.45) is 5.84 Å². The molecule has 2 rings (SSSR count). The van der Waals surface area contributed by atoms with Crippen molar-refractivity contribution in [3.05, 3.63) is 48.0 Å². The van der Waals surface area contributed by atoms with Crippen molar-refractivity contribution in [2.75, 3.05) is 0 Å². The highest BCUT2D eigenvalue weighted by molar-refractivity contribution is 5.18. The van der Waals surface area contributed by atoms with Gasteiger partial charge in [-0.2, -0.15) is 5.10 Å². The summed E-state index contributed by atoms with van der Waals surface area (Å²) in [6.45, 7) is 2.95. The number of rotatable bonds is 5. The minimum Gasteiger partial charge on any atom is -0.273 e. The highest BCUT2D eigenvalue weighted by atomic mass is 15.3. The van der Waals surface area contributed by atoms with Crippen LogP contribution in [0.3, 0.4) is 0 Å². The van der Waals surface area contributed by atoms with Crippen molar-refractivity contribution < 1.29 is 0 Å². The fraction of sp³-hybridized carbons (Fsp3) is 0.333. The molecular formula is C12H17N5. The van der Waals surface area contributed by atoms with Crippen LogP contribution in [0.25, 0.3) is 0 Å². The lowest BCUT2D eigenvalue weighted by atomic mass is 10.0. The van der Waals surface area contributed by atoms with Crippen LogP contribution >= 0.6 is 0 Å². The molecule has 2 aromatic heterocycles. The van der Waals surface area contributed by atoms with Gasteiger partial charge in [0.15, 0.2) is 0 Å². The van der Waals surface area contributed by atoms with E-state index in [0.717, 1.165) is 18.5 Å². The second-order valence-electron chi connectivity index (χ2n) is 3.91. The van der Waals surface area contributed by atoms with Crippen LogP contribution in [0.5, 0.6) is 0 Å². The Kier molecular flexibility index (Phi) is 3.85. The van der Waals surface area contributed by atoms with E-state index < -0.39 is 0 Å². The molecule has 0 bridgehead atoms. The standard InChI is InChI=1S/C12H17N5/c1-2-17-9-10(8-15-17)7-12(16-13)11-3-5-14-6-4-11/h3-6,8-9,12,16H,2,7,13H2,1H3. The molecule has 1 unspecified atom stereocenters. The Morgan fingerprint density at radius 3 is 2.76 bits per heavy atom. The van der Waals surface area contributed by atoms with E-state index in [2.05, 4.69) is 22.4 Å². The van der Waals surface area contributed by atoms with E-state index in [1.807, 2.05) is 29.2 Å². The topological polar surface area (TPSA) is 68.8 Å². The van der Waals surface area contributed by atoms with E-state index in [1.165, 1.54) is 5.56 Å². The molecule has 0 spiro atoms. The number of nitrogens with zero attached hydrogens (tertiary/aromatic N) is 3. The first-order valence-corrected chi connectivity index (χ1v) is 5.71. The molecule has 0 saturated carbocycles. The van der Waals surface area contributed by atoms with Gasteiger partial charge in [-0.15, -0.1) is 0 Å². The van der Waals surface area contributed by atoms with E-state index in [9.17, 15) is 0 Å². The van der Waals surface area contributed by atoms with Gasteiger partial charge in [0, 0.05) is 25.1 Å². The lowest BCUT2D eigenvalue weighted by Gasteiger charge is -2.14. The number of nitrogens with two attached hydrogens (primary N) is 1. The molecule has 0 aliphatic carbocycles. The molecule has 3 N–H and O–H groups in total. The Balaban J connectivity index is 2.10. The number of pyridine rings is 1. The van der Waals surface area contributed by atoms with Crippen LogP contribution in [-0.2, 0) is 13.0 Å². The fourth-order valence-corrected chi connectivity index (χ4v) is 1.79. The zero-order valence-corrected chi connectivity index (χ0v) is 9.87. The molecule has 2 aromatic rings. The Hall–Kier alpha value is -1.72. The maximum Gasteiger partial charge on any atom is 0.0522 e. The predicted octanol–water partition coefficient (Wildman–Crippen LogP) is 1.05. The minimum atomic E-state index is 0.0903. The van der Waals surface area contributed by atoms with E-state index in [1.54, 1.807) is 12.4 Å². The average molecular weight is 231 g/mol. The van der Waals surface area contributed by atoms with Crippen LogP contribution in [0.1, 0.15) is 24.1 Å². The molecule has 0 fully saturated rings. The van der Waals surface area contributed by atoms with Crippen molar-refractivity contribution in [3.8, 4) is 0 Å². The molecule has 1 atom stereocenters. The van der Waals surface area contributed by atoms with Gasteiger partial charge in [0.05, 0.1) is 12.2 Å². The molecule has 0 radical (unpaired) electrons. The van der Waals surface area contributed by atoms with E-state index in [-0.39, 0.29) is 6.04 Å². The molecule has 0 aliphatic heterocycles. The number of aromatic nitrogens is 3. The molecule has 0 saturated heterocycles. The van der Waals surface area contributed by atoms with Gasteiger partial charge in [0.2, 0.25) is 0 Å². The third-order valence-corrected chi connectivity index (χ3v) is 2.76. The van der Waals surface area contributed by atoms with Gasteiger partial charge in [-0.1, -0.05) is 0 Å². The molecule has 0 aliphatic rings. The summed E-state index contributed by atoms with van der Waals surface area (Å²) in [7, 11) is 0. The first kappa shape index (κ1) is 11.8. The molecule has 17 heavy (non-hydrogen) atoms. The molecule has 0 aromatic carbocycles. The smallest absolute Gasteiger partial charge is 0.0522 e. The summed E-state index contributed by atoms with van der Waals surface area (Å²) in [6, 6.07) is 4.02. The Bertz CT molecular complexity index is 451. The normalized spacial score (nSPS) is 12.6. The number of aryl methyl sites for hydroxylation is 1. The number of hydrogen-bond donors (Lipinski definition) is 2. The molecular weight excluding hydrogens is 214 g/mol. The van der Waals surface area contributed by atoms with Crippen LogP contribution < -0.4 is 11.3 Å². The summed E-state index contributed by atoms with van der Waals surface area (Å²) in [5, 5.41) is 4.25. The van der Waals surface area contributed by atoms with Gasteiger partial charge in [-0.05, 0) is 36.6 Å². The summed E-state index contributed by atoms with van der Waals surface area (Å²) in [5.74, 6) is 5.59. The van der Waals surface area contributed by atoms with Crippen molar-refractivity contribution in [2.45, 2.75) is 25.9 Å². The molecule has 2 heterocycles. The third kappa shape index (κ3) is 2.89. The monoisotopic (exact) mass is 231 g/mol. The maximum absolute atomic E-state index is 5.59. The van der Waals surface area contributed by atoms with E-state index in [0.29, 0.717) is 0 Å². The van der Waals surface area contributed by atoms with Crippen molar-refractivity contribution in [1.29, 1.82) is 0 Å². The summed E-state index contributed by atoms with van der Waals surface area (Å²) < 4.78 is 1.91. The average Bonchev–Trinajstić information content (AvgIpc) is 2.84. The first-order chi connectivity index (χ1) is 8.33. The Morgan fingerprint density at radius 2 is 2.18 bits per heavy atom. The van der Waals surface area contributed by atoms with Gasteiger partial charge < -0.3 is 0 Å². The Morgan fingerprint density at radius 1 is 1.41 bits per heavy atom. The van der Waals surface area contributed by atoms with Crippen molar-refractivity contribution in [3.63, 3.8) is 0 Å². The third-order valence-electron chi connectivity index (χ3n) is 2.76. The van der Waals surface area contributed by atoms with Gasteiger partial charge in [0.25, 0.3) is 0 Å². The lowest BCUT2D eigenvalue weighted by molar-refractivity contribution is 0.551. The molecule has 5 nitrogen and oxygen atoms in total. The number of hydrazine groups is 1. The summed E-state index contributed by atoms with van der Waals surface area (Å²) in [6.07, 6.45) is 8.30. The van der Waals surface area contributed by atoms with Crippen molar-refractivity contribution >= 4 is 0 Å². The predicted molar refractivity (Wildman–Crippen MR) is 65.9 cm³/mol. The lowest BCUT2D eigenvalue weighted by Crippen LogP contribution is -2.29. The minimum absolute atomic E-state index is 0.0903. The molecule has 90 valence electrons. The van der Waals surface area contributed by atoms with Gasteiger partial charge in [0.1, 0.15) is 0 Å². The van der Waals surface area contributed by atoms with Crippen LogP contribution in [0.4, 0.5) is 0 Å². The highest BCUT2D eigenvalue weighted by Gasteiger charge is 2.11. The SMILES string of the molecule is CCn1cc(CC(NN)c2ccncc2)cn1. The number of hydrogen-bond acceptors (Lipinski definition) is 4. The second kappa shape index (κ2) is 5.56. The number of nitrogens with one attached hydrogen (secondary N) is 1.